The smallest absolute Gasteiger partial charge is 0.471 e. The summed E-state index contributed by atoms with van der Waals surface area (Å²) < 4.78 is 36.5. The van der Waals surface area contributed by atoms with Gasteiger partial charge in [-0.3, -0.25) is 24.5 Å². The number of nitro benzene ring substituents is 1. The topological polar surface area (TPSA) is 139 Å². The maximum atomic E-state index is 12.2. The fraction of sp³-hybridized carbons (Fsp3) is 0.182. The Kier molecular flexibility index (Phi) is 5.22. The lowest BCUT2D eigenvalue weighted by Gasteiger charge is -2.09. The third-order valence-corrected chi connectivity index (χ3v) is 2.31. The summed E-state index contributed by atoms with van der Waals surface area (Å²) in [6.07, 6.45) is -5.23. The summed E-state index contributed by atoms with van der Waals surface area (Å²) in [4.78, 5) is 42.5. The molecule has 0 aliphatic rings. The molecule has 9 nitrogen and oxygen atoms in total. The van der Waals surface area contributed by atoms with E-state index in [0.717, 1.165) is 12.1 Å². The highest BCUT2D eigenvalue weighted by molar-refractivity contribution is 6.00. The van der Waals surface area contributed by atoms with Gasteiger partial charge in [-0.05, 0) is 6.07 Å². The second-order valence-corrected chi connectivity index (χ2v) is 4.05. The van der Waals surface area contributed by atoms with Gasteiger partial charge in [-0.25, -0.2) is 0 Å². The Hall–Kier alpha value is -3.18. The number of rotatable bonds is 5. The molecule has 1 aromatic rings. The first-order valence-corrected chi connectivity index (χ1v) is 5.68. The fourth-order valence-corrected chi connectivity index (χ4v) is 1.38. The van der Waals surface area contributed by atoms with E-state index in [9.17, 15) is 37.7 Å². The van der Waals surface area contributed by atoms with E-state index in [0.29, 0.717) is 6.07 Å². The summed E-state index contributed by atoms with van der Waals surface area (Å²) in [6.45, 7) is -0.800. The van der Waals surface area contributed by atoms with Crippen molar-refractivity contribution in [2.45, 2.75) is 6.18 Å². The summed E-state index contributed by atoms with van der Waals surface area (Å²) in [5.74, 6) is -4.84. The number of benzene rings is 1. The Morgan fingerprint density at radius 1 is 1.22 bits per heavy atom. The van der Waals surface area contributed by atoms with Crippen LogP contribution in [0.3, 0.4) is 0 Å². The van der Waals surface area contributed by atoms with Crippen LogP contribution in [0.5, 0.6) is 0 Å². The molecule has 0 atom stereocenters. The summed E-state index contributed by atoms with van der Waals surface area (Å²) >= 11 is 0. The molecule has 1 aromatic carbocycles. The Balaban J connectivity index is 3.12. The van der Waals surface area contributed by atoms with Crippen LogP contribution < -0.4 is 10.6 Å². The number of carboxylic acids is 1. The number of halogens is 3. The SMILES string of the molecule is O=C(O)CNC(=O)c1cc(NC(=O)C(F)(F)F)cc([N+](=O)[O-])c1. The molecule has 0 fully saturated rings. The molecule has 124 valence electrons. The predicted molar refractivity (Wildman–Crippen MR) is 67.8 cm³/mol. The van der Waals surface area contributed by atoms with Crippen molar-refractivity contribution in [2.24, 2.45) is 0 Å². The lowest BCUT2D eigenvalue weighted by molar-refractivity contribution is -0.384. The van der Waals surface area contributed by atoms with Crippen LogP contribution in [0.4, 0.5) is 24.5 Å². The molecule has 0 heterocycles. The highest BCUT2D eigenvalue weighted by Gasteiger charge is 2.38. The molecule has 0 spiro atoms. The number of nitro groups is 1. The zero-order valence-corrected chi connectivity index (χ0v) is 11.0. The number of carboxylic acid groups (broad SMARTS) is 1. The Bertz CT molecular complexity index is 673. The number of carbonyl (C=O) groups excluding carboxylic acids is 2. The number of amides is 2. The lowest BCUT2D eigenvalue weighted by Crippen LogP contribution is -2.31. The van der Waals surface area contributed by atoms with Crippen LogP contribution in [0.2, 0.25) is 0 Å². The number of aliphatic carboxylic acids is 1. The Morgan fingerprint density at radius 3 is 2.30 bits per heavy atom. The first-order valence-electron chi connectivity index (χ1n) is 5.68. The van der Waals surface area contributed by atoms with Gasteiger partial charge in [-0.2, -0.15) is 13.2 Å². The molecule has 12 heteroatoms. The average molecular weight is 335 g/mol. The van der Waals surface area contributed by atoms with Crippen LogP contribution in [0, 0.1) is 10.1 Å². The second kappa shape index (κ2) is 6.72. The molecule has 0 aliphatic carbocycles. The van der Waals surface area contributed by atoms with Gasteiger partial charge in [0, 0.05) is 23.4 Å². The van der Waals surface area contributed by atoms with Gasteiger partial charge in [-0.1, -0.05) is 0 Å². The minimum absolute atomic E-state index is 0.488. The average Bonchev–Trinajstić information content (AvgIpc) is 2.43. The van der Waals surface area contributed by atoms with E-state index in [-0.39, 0.29) is 0 Å². The zero-order valence-electron chi connectivity index (χ0n) is 11.0. The van der Waals surface area contributed by atoms with E-state index < -0.39 is 52.4 Å². The van der Waals surface area contributed by atoms with E-state index >= 15 is 0 Å². The molecule has 0 unspecified atom stereocenters. The van der Waals surface area contributed by atoms with Crippen molar-refractivity contribution >= 4 is 29.2 Å². The minimum atomic E-state index is -5.23. The maximum absolute atomic E-state index is 12.2. The summed E-state index contributed by atoms with van der Waals surface area (Å²) in [5, 5.41) is 22.4. The molecule has 0 saturated heterocycles. The normalized spacial score (nSPS) is 10.7. The molecule has 0 aromatic heterocycles. The summed E-state index contributed by atoms with van der Waals surface area (Å²) in [6, 6.07) is 2.09. The molecule has 1 rings (SSSR count). The molecule has 0 bridgehead atoms. The van der Waals surface area contributed by atoms with E-state index in [1.54, 1.807) is 0 Å². The number of anilines is 1. The van der Waals surface area contributed by atoms with Crippen LogP contribution in [0.25, 0.3) is 0 Å². The highest BCUT2D eigenvalue weighted by atomic mass is 19.4. The monoisotopic (exact) mass is 335 g/mol. The molecular weight excluding hydrogens is 327 g/mol. The quantitative estimate of drug-likeness (QED) is 0.540. The molecular formula is C11H8F3N3O6. The third-order valence-electron chi connectivity index (χ3n) is 2.31. The van der Waals surface area contributed by atoms with Crippen molar-refractivity contribution in [3.63, 3.8) is 0 Å². The van der Waals surface area contributed by atoms with Gasteiger partial charge in [0.1, 0.15) is 6.54 Å². The van der Waals surface area contributed by atoms with Crippen molar-refractivity contribution in [2.75, 3.05) is 11.9 Å². The molecule has 0 aliphatic heterocycles. The molecule has 23 heavy (non-hydrogen) atoms. The number of nitrogens with zero attached hydrogens (tertiary/aromatic N) is 1. The number of nitrogens with one attached hydrogen (secondary N) is 2. The van der Waals surface area contributed by atoms with Gasteiger partial charge in [0.25, 0.3) is 11.6 Å². The fourth-order valence-electron chi connectivity index (χ4n) is 1.38. The van der Waals surface area contributed by atoms with Crippen molar-refractivity contribution in [3.8, 4) is 0 Å². The van der Waals surface area contributed by atoms with Crippen molar-refractivity contribution in [3.05, 3.63) is 33.9 Å². The second-order valence-electron chi connectivity index (χ2n) is 4.05. The van der Waals surface area contributed by atoms with E-state index in [1.807, 2.05) is 5.32 Å². The molecule has 2 amide bonds. The van der Waals surface area contributed by atoms with E-state index in [4.69, 9.17) is 5.11 Å². The van der Waals surface area contributed by atoms with Crippen LogP contribution in [-0.2, 0) is 9.59 Å². The van der Waals surface area contributed by atoms with Crippen molar-refractivity contribution < 1.29 is 37.6 Å². The number of hydrogen-bond acceptors (Lipinski definition) is 5. The van der Waals surface area contributed by atoms with Crippen LogP contribution in [-0.4, -0.2) is 40.5 Å². The molecule has 3 N–H and O–H groups in total. The Morgan fingerprint density at radius 2 is 1.83 bits per heavy atom. The first kappa shape index (κ1) is 17.9. The summed E-state index contributed by atoms with van der Waals surface area (Å²) in [7, 11) is 0. The molecule has 0 saturated carbocycles. The number of non-ortho nitro benzene ring substituents is 1. The first-order chi connectivity index (χ1) is 10.5. The third kappa shape index (κ3) is 5.26. The van der Waals surface area contributed by atoms with Crippen LogP contribution in [0.1, 0.15) is 10.4 Å². The van der Waals surface area contributed by atoms with Crippen LogP contribution in [0.15, 0.2) is 18.2 Å². The van der Waals surface area contributed by atoms with Crippen molar-refractivity contribution in [1.82, 2.24) is 5.32 Å². The standard InChI is InChI=1S/C11H8F3N3O6/c12-11(13,14)10(21)16-6-1-5(2-7(3-6)17(22)23)9(20)15-4-8(18)19/h1-3H,4H2,(H,15,20)(H,16,21)(H,18,19). The molecule has 0 radical (unpaired) electrons. The number of carbonyl (C=O) groups is 3. The van der Waals surface area contributed by atoms with Gasteiger partial charge in [-0.15, -0.1) is 0 Å². The number of hydrogen-bond donors (Lipinski definition) is 3. The van der Waals surface area contributed by atoms with Gasteiger partial charge < -0.3 is 15.7 Å². The van der Waals surface area contributed by atoms with Crippen LogP contribution >= 0.6 is 0 Å². The van der Waals surface area contributed by atoms with Gasteiger partial charge in [0.05, 0.1) is 4.92 Å². The van der Waals surface area contributed by atoms with E-state index in [2.05, 4.69) is 0 Å². The van der Waals surface area contributed by atoms with E-state index in [1.165, 1.54) is 5.32 Å². The predicted octanol–water partition coefficient (Wildman–Crippen LogP) is 0.910. The Labute approximate surface area is 125 Å². The lowest BCUT2D eigenvalue weighted by atomic mass is 10.1. The summed E-state index contributed by atoms with van der Waals surface area (Å²) in [5.41, 5.74) is -1.88. The largest absolute Gasteiger partial charge is 0.480 e. The van der Waals surface area contributed by atoms with Crippen molar-refractivity contribution in [1.29, 1.82) is 0 Å². The maximum Gasteiger partial charge on any atom is 0.471 e. The highest BCUT2D eigenvalue weighted by Crippen LogP contribution is 2.23. The minimum Gasteiger partial charge on any atom is -0.480 e. The number of alkyl halides is 3. The zero-order chi connectivity index (χ0) is 17.8. The van der Waals surface area contributed by atoms with Gasteiger partial charge in [0.15, 0.2) is 0 Å². The van der Waals surface area contributed by atoms with Gasteiger partial charge in [0.2, 0.25) is 0 Å². The van der Waals surface area contributed by atoms with Gasteiger partial charge >= 0.3 is 18.1 Å².